The summed E-state index contributed by atoms with van der Waals surface area (Å²) in [5.74, 6) is 0.853. The molecule has 0 radical (unpaired) electrons. The highest BCUT2D eigenvalue weighted by atomic mass is 32.2. The number of hydrogen-bond donors (Lipinski definition) is 0. The highest BCUT2D eigenvalue weighted by Gasteiger charge is 2.38. The van der Waals surface area contributed by atoms with Gasteiger partial charge in [0.1, 0.15) is 6.61 Å². The Bertz CT molecular complexity index is 1380. The number of rotatable bonds is 10. The second-order valence-corrected chi connectivity index (χ2v) is 9.73. The van der Waals surface area contributed by atoms with Gasteiger partial charge in [-0.25, -0.2) is 0 Å². The molecular weight excluding hydrogens is 527 g/mol. The molecule has 0 saturated carbocycles. The van der Waals surface area contributed by atoms with Crippen LogP contribution < -0.4 is 9.47 Å². The molecule has 1 saturated heterocycles. The van der Waals surface area contributed by atoms with E-state index in [2.05, 4.69) is 16.8 Å². The fraction of sp³-hybridized carbons (Fsp3) is 0.207. The molecule has 202 valence electrons. The van der Waals surface area contributed by atoms with E-state index in [1.54, 1.807) is 37.5 Å². The number of amides is 1. The Labute approximate surface area is 228 Å². The number of thioether (sulfide) groups is 1. The molecule has 0 aliphatic carbocycles. The van der Waals surface area contributed by atoms with E-state index in [0.717, 1.165) is 29.5 Å². The molecule has 1 unspecified atom stereocenters. The molecule has 3 aromatic rings. The van der Waals surface area contributed by atoms with Crippen molar-refractivity contribution in [2.24, 2.45) is 10.2 Å². The maximum absolute atomic E-state index is 13.1. The zero-order valence-electron chi connectivity index (χ0n) is 21.1. The second-order valence-electron chi connectivity index (χ2n) is 8.56. The van der Waals surface area contributed by atoms with Crippen molar-refractivity contribution < 1.29 is 27.4 Å². The number of halogens is 3. The Morgan fingerprint density at radius 1 is 1.03 bits per heavy atom. The predicted molar refractivity (Wildman–Crippen MR) is 147 cm³/mol. The largest absolute Gasteiger partial charge is 0.493 e. The number of ether oxygens (including phenoxy) is 2. The van der Waals surface area contributed by atoms with Crippen LogP contribution in [0.5, 0.6) is 11.5 Å². The summed E-state index contributed by atoms with van der Waals surface area (Å²) in [4.78, 5) is 14.4. The summed E-state index contributed by atoms with van der Waals surface area (Å²) < 4.78 is 50.6. The molecule has 1 heterocycles. The molecule has 1 fully saturated rings. The lowest BCUT2D eigenvalue weighted by atomic mass is 10.1. The third-order valence-electron chi connectivity index (χ3n) is 5.78. The molecule has 39 heavy (non-hydrogen) atoms. The predicted octanol–water partition coefficient (Wildman–Crippen LogP) is 6.36. The van der Waals surface area contributed by atoms with Gasteiger partial charge in [0.25, 0.3) is 0 Å². The molecule has 0 spiro atoms. The van der Waals surface area contributed by atoms with Crippen molar-refractivity contribution in [1.82, 2.24) is 4.90 Å². The summed E-state index contributed by atoms with van der Waals surface area (Å²) in [6.45, 7) is 4.29. The number of carbonyl (C=O) groups is 1. The summed E-state index contributed by atoms with van der Waals surface area (Å²) in [6, 6.07) is 20.1. The number of benzene rings is 3. The summed E-state index contributed by atoms with van der Waals surface area (Å²) in [7, 11) is 1.55. The van der Waals surface area contributed by atoms with Crippen LogP contribution in [-0.4, -0.2) is 41.1 Å². The van der Waals surface area contributed by atoms with Crippen LogP contribution in [0.2, 0.25) is 0 Å². The van der Waals surface area contributed by atoms with Crippen LogP contribution in [-0.2, 0) is 24.0 Å². The van der Waals surface area contributed by atoms with E-state index in [-0.39, 0.29) is 18.9 Å². The molecule has 1 aliphatic rings. The van der Waals surface area contributed by atoms with E-state index in [1.165, 1.54) is 17.2 Å². The standard InChI is InChI=1S/C29H26F3N3O3S/c1-3-14-35-27(36)26(17-21-10-7-11-23(15-21)29(30,31)32)39-28(35)34-33-18-22-12-13-24(25(16-22)37-2)38-19-20-8-5-4-6-9-20/h3-13,15-16,18,26H,1,14,17,19H2,2H3. The van der Waals surface area contributed by atoms with Crippen LogP contribution in [0.4, 0.5) is 13.2 Å². The van der Waals surface area contributed by atoms with Crippen LogP contribution in [0.1, 0.15) is 22.3 Å². The first-order valence-electron chi connectivity index (χ1n) is 12.0. The second kappa shape index (κ2) is 12.7. The Hall–Kier alpha value is -4.05. The van der Waals surface area contributed by atoms with Crippen LogP contribution in [0.3, 0.4) is 0 Å². The summed E-state index contributed by atoms with van der Waals surface area (Å²) >= 11 is 1.16. The van der Waals surface area contributed by atoms with Gasteiger partial charge in [0.05, 0.1) is 24.1 Å². The Balaban J connectivity index is 1.46. The van der Waals surface area contributed by atoms with Crippen LogP contribution >= 0.6 is 11.8 Å². The highest BCUT2D eigenvalue weighted by Crippen LogP contribution is 2.33. The molecule has 0 bridgehead atoms. The topological polar surface area (TPSA) is 63.5 Å². The summed E-state index contributed by atoms with van der Waals surface area (Å²) in [5.41, 5.74) is 1.40. The first-order valence-corrected chi connectivity index (χ1v) is 12.9. The van der Waals surface area contributed by atoms with E-state index in [9.17, 15) is 18.0 Å². The Morgan fingerprint density at radius 2 is 1.79 bits per heavy atom. The van der Waals surface area contributed by atoms with Crippen LogP contribution in [0.25, 0.3) is 0 Å². The molecule has 4 rings (SSSR count). The number of carbonyl (C=O) groups excluding carboxylic acids is 1. The van der Waals surface area contributed by atoms with Crippen LogP contribution in [0.15, 0.2) is 95.7 Å². The van der Waals surface area contributed by atoms with E-state index in [0.29, 0.717) is 34.4 Å². The summed E-state index contributed by atoms with van der Waals surface area (Å²) in [5, 5.41) is 8.10. The minimum absolute atomic E-state index is 0.130. The van der Waals surface area contributed by atoms with Gasteiger partial charge in [-0.1, -0.05) is 66.4 Å². The third kappa shape index (κ3) is 7.29. The Kier molecular flexibility index (Phi) is 9.08. The lowest BCUT2D eigenvalue weighted by molar-refractivity contribution is -0.137. The van der Waals surface area contributed by atoms with Gasteiger partial charge in [-0.2, -0.15) is 18.3 Å². The number of nitrogens with zero attached hydrogens (tertiary/aromatic N) is 3. The first-order chi connectivity index (χ1) is 18.8. The van der Waals surface area contributed by atoms with Gasteiger partial charge in [-0.3, -0.25) is 9.69 Å². The molecule has 0 aromatic heterocycles. The molecule has 10 heteroatoms. The number of hydrogen-bond acceptors (Lipinski definition) is 6. The van der Waals surface area contributed by atoms with Gasteiger partial charge < -0.3 is 9.47 Å². The molecule has 6 nitrogen and oxygen atoms in total. The van der Waals surface area contributed by atoms with Gasteiger partial charge >= 0.3 is 6.18 Å². The van der Waals surface area contributed by atoms with Gasteiger partial charge in [-0.05, 0) is 47.4 Å². The van der Waals surface area contributed by atoms with Crippen molar-refractivity contribution in [2.45, 2.75) is 24.5 Å². The highest BCUT2D eigenvalue weighted by molar-refractivity contribution is 8.15. The van der Waals surface area contributed by atoms with Crippen molar-refractivity contribution in [2.75, 3.05) is 13.7 Å². The minimum atomic E-state index is -4.45. The normalized spacial score (nSPS) is 16.7. The van der Waals surface area contributed by atoms with Crippen molar-refractivity contribution >= 4 is 29.1 Å². The molecular formula is C29H26F3N3O3S. The monoisotopic (exact) mass is 553 g/mol. The van der Waals surface area contributed by atoms with E-state index < -0.39 is 17.0 Å². The lowest BCUT2D eigenvalue weighted by Gasteiger charge is -2.13. The van der Waals surface area contributed by atoms with Crippen molar-refractivity contribution in [3.63, 3.8) is 0 Å². The SMILES string of the molecule is C=CCN1C(=O)C(Cc2cccc(C(F)(F)F)c2)SC1=NN=Cc1ccc(OCc2ccccc2)c(OC)c1. The lowest BCUT2D eigenvalue weighted by Crippen LogP contribution is -2.32. The van der Waals surface area contributed by atoms with Crippen LogP contribution in [0, 0.1) is 0 Å². The van der Waals surface area contributed by atoms with Crippen molar-refractivity contribution in [1.29, 1.82) is 0 Å². The van der Waals surface area contributed by atoms with E-state index in [1.807, 2.05) is 30.3 Å². The zero-order chi connectivity index (χ0) is 27.8. The van der Waals surface area contributed by atoms with E-state index in [4.69, 9.17) is 9.47 Å². The molecule has 1 amide bonds. The average Bonchev–Trinajstić information content (AvgIpc) is 3.22. The van der Waals surface area contributed by atoms with Crippen molar-refractivity contribution in [3.8, 4) is 11.5 Å². The molecule has 3 aromatic carbocycles. The van der Waals surface area contributed by atoms with E-state index >= 15 is 0 Å². The average molecular weight is 554 g/mol. The fourth-order valence-electron chi connectivity index (χ4n) is 3.87. The first kappa shape index (κ1) is 28.0. The maximum atomic E-state index is 13.1. The molecule has 1 atom stereocenters. The van der Waals surface area contributed by atoms with Gasteiger partial charge in [0.2, 0.25) is 5.91 Å². The Morgan fingerprint density at radius 3 is 2.51 bits per heavy atom. The quantitative estimate of drug-likeness (QED) is 0.167. The van der Waals surface area contributed by atoms with Gasteiger partial charge in [-0.15, -0.1) is 11.7 Å². The third-order valence-corrected chi connectivity index (χ3v) is 6.95. The fourth-order valence-corrected chi connectivity index (χ4v) is 5.01. The van der Waals surface area contributed by atoms with Gasteiger partial charge in [0.15, 0.2) is 16.7 Å². The maximum Gasteiger partial charge on any atom is 0.416 e. The number of amidine groups is 1. The van der Waals surface area contributed by atoms with Crippen molar-refractivity contribution in [3.05, 3.63) is 108 Å². The minimum Gasteiger partial charge on any atom is -0.493 e. The smallest absolute Gasteiger partial charge is 0.416 e. The van der Waals surface area contributed by atoms with Gasteiger partial charge in [0, 0.05) is 6.54 Å². The molecule has 1 aliphatic heterocycles. The number of alkyl halides is 3. The summed E-state index contributed by atoms with van der Waals surface area (Å²) in [6.07, 6.45) is -1.24. The number of methoxy groups -OCH3 is 1. The zero-order valence-corrected chi connectivity index (χ0v) is 21.9. The molecule has 0 N–H and O–H groups in total.